The molecule has 0 radical (unpaired) electrons. The van der Waals surface area contributed by atoms with E-state index < -0.39 is 0 Å². The summed E-state index contributed by atoms with van der Waals surface area (Å²) in [6.45, 7) is -0.353. The van der Waals surface area contributed by atoms with Crippen LogP contribution in [-0.2, 0) is 0 Å². The van der Waals surface area contributed by atoms with Gasteiger partial charge in [0.05, 0.1) is 12.1 Å². The van der Waals surface area contributed by atoms with Gasteiger partial charge in [-0.15, -0.1) is 23.1 Å². The molecular formula is C14H10BrFN2S2. The molecule has 0 saturated heterocycles. The van der Waals surface area contributed by atoms with Crippen molar-refractivity contribution in [1.29, 1.82) is 0 Å². The maximum Gasteiger partial charge on any atom is 0.128 e. The van der Waals surface area contributed by atoms with Crippen LogP contribution in [0.5, 0.6) is 0 Å². The standard InChI is InChI=1S/C14H10BrFN2S2/c15-10-3-1-9(2-4-10)11-7-20-14-12(11)13(17-8-18-14)19-6-5-16/h1-4,7-8H,5-6H2. The van der Waals surface area contributed by atoms with Crippen LogP contribution in [0.25, 0.3) is 21.3 Å². The summed E-state index contributed by atoms with van der Waals surface area (Å²) in [7, 11) is 0. The molecule has 0 fully saturated rings. The Morgan fingerprint density at radius 3 is 2.75 bits per heavy atom. The van der Waals surface area contributed by atoms with E-state index in [0.29, 0.717) is 5.75 Å². The van der Waals surface area contributed by atoms with Crippen LogP contribution in [-0.4, -0.2) is 22.4 Å². The van der Waals surface area contributed by atoms with Gasteiger partial charge in [0, 0.05) is 21.2 Å². The second-order valence-electron chi connectivity index (χ2n) is 4.05. The largest absolute Gasteiger partial charge is 0.250 e. The lowest BCUT2D eigenvalue weighted by Crippen LogP contribution is -1.88. The fraction of sp³-hybridized carbons (Fsp3) is 0.143. The van der Waals surface area contributed by atoms with Gasteiger partial charge in [0.15, 0.2) is 0 Å². The second kappa shape index (κ2) is 6.20. The summed E-state index contributed by atoms with van der Waals surface area (Å²) in [4.78, 5) is 9.55. The zero-order valence-corrected chi connectivity index (χ0v) is 13.6. The summed E-state index contributed by atoms with van der Waals surface area (Å²) in [6, 6.07) is 8.14. The first-order valence-corrected chi connectivity index (χ1v) is 8.62. The van der Waals surface area contributed by atoms with Crippen LogP contribution in [0.2, 0.25) is 0 Å². The van der Waals surface area contributed by atoms with E-state index in [-0.39, 0.29) is 6.67 Å². The Bertz CT molecular complexity index is 728. The first-order valence-electron chi connectivity index (χ1n) is 5.96. The molecule has 2 nitrogen and oxygen atoms in total. The van der Waals surface area contributed by atoms with Crippen molar-refractivity contribution in [2.24, 2.45) is 0 Å². The van der Waals surface area contributed by atoms with Crippen LogP contribution in [0.15, 0.2) is 45.5 Å². The number of hydrogen-bond acceptors (Lipinski definition) is 4. The van der Waals surface area contributed by atoms with Gasteiger partial charge in [-0.25, -0.2) is 9.97 Å². The van der Waals surface area contributed by atoms with Crippen LogP contribution < -0.4 is 0 Å². The van der Waals surface area contributed by atoms with Gasteiger partial charge < -0.3 is 0 Å². The fourth-order valence-electron chi connectivity index (χ4n) is 1.93. The molecule has 0 aliphatic heterocycles. The molecule has 0 spiro atoms. The minimum absolute atomic E-state index is 0.353. The molecule has 2 aromatic heterocycles. The molecule has 1 aromatic carbocycles. The number of rotatable bonds is 4. The van der Waals surface area contributed by atoms with Gasteiger partial charge in [-0.1, -0.05) is 28.1 Å². The molecule has 0 amide bonds. The van der Waals surface area contributed by atoms with Crippen LogP contribution in [0.4, 0.5) is 4.39 Å². The van der Waals surface area contributed by atoms with Crippen molar-refractivity contribution in [2.45, 2.75) is 5.03 Å². The number of aromatic nitrogens is 2. The number of fused-ring (bicyclic) bond motifs is 1. The van der Waals surface area contributed by atoms with E-state index >= 15 is 0 Å². The van der Waals surface area contributed by atoms with Crippen LogP contribution in [0.1, 0.15) is 0 Å². The van der Waals surface area contributed by atoms with Crippen molar-refractivity contribution in [1.82, 2.24) is 9.97 Å². The highest BCUT2D eigenvalue weighted by Crippen LogP contribution is 2.38. The molecule has 0 unspecified atom stereocenters. The van der Waals surface area contributed by atoms with E-state index in [1.807, 2.05) is 12.1 Å². The molecule has 0 saturated carbocycles. The molecule has 3 aromatic rings. The van der Waals surface area contributed by atoms with Crippen LogP contribution in [0.3, 0.4) is 0 Å². The predicted octanol–water partition coefficient (Wildman–Crippen LogP) is 5.18. The number of nitrogens with zero attached hydrogens (tertiary/aromatic N) is 2. The maximum atomic E-state index is 12.4. The summed E-state index contributed by atoms with van der Waals surface area (Å²) in [5, 5.41) is 3.97. The van der Waals surface area contributed by atoms with E-state index in [1.165, 1.54) is 11.8 Å². The molecule has 102 valence electrons. The lowest BCUT2D eigenvalue weighted by Gasteiger charge is -2.04. The number of alkyl halides is 1. The fourth-order valence-corrected chi connectivity index (χ4v) is 3.92. The molecule has 0 aliphatic rings. The summed E-state index contributed by atoms with van der Waals surface area (Å²) < 4.78 is 13.5. The minimum Gasteiger partial charge on any atom is -0.250 e. The minimum atomic E-state index is -0.353. The summed E-state index contributed by atoms with van der Waals surface area (Å²) in [6.07, 6.45) is 1.55. The van der Waals surface area contributed by atoms with Crippen molar-refractivity contribution in [2.75, 3.05) is 12.4 Å². The normalized spacial score (nSPS) is 11.1. The van der Waals surface area contributed by atoms with Gasteiger partial charge in [0.1, 0.15) is 16.2 Å². The zero-order valence-electron chi connectivity index (χ0n) is 10.3. The van der Waals surface area contributed by atoms with Crippen molar-refractivity contribution >= 4 is 49.2 Å². The third-order valence-corrected chi connectivity index (χ3v) is 5.16. The number of benzene rings is 1. The Labute approximate surface area is 132 Å². The monoisotopic (exact) mass is 368 g/mol. The smallest absolute Gasteiger partial charge is 0.128 e. The van der Waals surface area contributed by atoms with Crippen molar-refractivity contribution in [3.8, 4) is 11.1 Å². The van der Waals surface area contributed by atoms with Crippen LogP contribution >= 0.6 is 39.0 Å². The number of thioether (sulfide) groups is 1. The van der Waals surface area contributed by atoms with E-state index in [4.69, 9.17) is 0 Å². The molecular weight excluding hydrogens is 359 g/mol. The SMILES string of the molecule is FCCSc1ncnc2scc(-c3ccc(Br)cc3)c12. The molecule has 0 aliphatic carbocycles. The van der Waals surface area contributed by atoms with Crippen molar-refractivity contribution in [3.05, 3.63) is 40.4 Å². The Morgan fingerprint density at radius 1 is 1.20 bits per heavy atom. The molecule has 0 N–H and O–H groups in total. The van der Waals surface area contributed by atoms with E-state index in [2.05, 4.69) is 43.4 Å². The Balaban J connectivity index is 2.13. The van der Waals surface area contributed by atoms with Gasteiger partial charge in [0.2, 0.25) is 0 Å². The molecule has 6 heteroatoms. The lowest BCUT2D eigenvalue weighted by molar-refractivity contribution is 0.532. The third-order valence-electron chi connectivity index (χ3n) is 2.81. The summed E-state index contributed by atoms with van der Waals surface area (Å²) in [5.74, 6) is 0.418. The topological polar surface area (TPSA) is 25.8 Å². The van der Waals surface area contributed by atoms with E-state index in [1.54, 1.807) is 17.7 Å². The van der Waals surface area contributed by atoms with Crippen molar-refractivity contribution in [3.63, 3.8) is 0 Å². The quantitative estimate of drug-likeness (QED) is 0.468. The number of halogens is 2. The average molecular weight is 369 g/mol. The summed E-state index contributed by atoms with van der Waals surface area (Å²) in [5.41, 5.74) is 2.23. The molecule has 0 atom stereocenters. The second-order valence-corrected chi connectivity index (χ2v) is 6.91. The van der Waals surface area contributed by atoms with Crippen LogP contribution in [0, 0.1) is 0 Å². The maximum absolute atomic E-state index is 12.4. The highest BCUT2D eigenvalue weighted by atomic mass is 79.9. The first kappa shape index (κ1) is 14.0. The highest BCUT2D eigenvalue weighted by Gasteiger charge is 2.13. The molecule has 20 heavy (non-hydrogen) atoms. The first-order chi connectivity index (χ1) is 9.79. The van der Waals surface area contributed by atoms with Gasteiger partial charge in [0.25, 0.3) is 0 Å². The third kappa shape index (κ3) is 2.73. The molecule has 0 bridgehead atoms. The number of thiophene rings is 1. The van der Waals surface area contributed by atoms with Gasteiger partial charge in [-0.2, -0.15) is 0 Å². The van der Waals surface area contributed by atoms with E-state index in [0.717, 1.165) is 30.8 Å². The Kier molecular flexibility index (Phi) is 4.33. The summed E-state index contributed by atoms with van der Waals surface area (Å²) >= 11 is 6.47. The predicted molar refractivity (Wildman–Crippen MR) is 87.3 cm³/mol. The molecule has 2 heterocycles. The van der Waals surface area contributed by atoms with Gasteiger partial charge >= 0.3 is 0 Å². The Morgan fingerprint density at radius 2 is 2.00 bits per heavy atom. The lowest BCUT2D eigenvalue weighted by atomic mass is 10.1. The highest BCUT2D eigenvalue weighted by molar-refractivity contribution is 9.10. The number of hydrogen-bond donors (Lipinski definition) is 0. The van der Waals surface area contributed by atoms with Gasteiger partial charge in [-0.05, 0) is 17.7 Å². The Hall–Kier alpha value is -0.980. The zero-order chi connectivity index (χ0) is 13.9. The molecule has 3 rings (SSSR count). The van der Waals surface area contributed by atoms with Crippen molar-refractivity contribution < 1.29 is 4.39 Å². The van der Waals surface area contributed by atoms with Gasteiger partial charge in [-0.3, -0.25) is 4.39 Å². The average Bonchev–Trinajstić information content (AvgIpc) is 2.90. The van der Waals surface area contributed by atoms with E-state index in [9.17, 15) is 4.39 Å².